The number of aromatic amines is 1. The van der Waals surface area contributed by atoms with Crippen LogP contribution in [0.4, 0.5) is 4.39 Å². The molecule has 0 radical (unpaired) electrons. The van der Waals surface area contributed by atoms with Crippen molar-refractivity contribution in [2.24, 2.45) is 5.28 Å². The van der Waals surface area contributed by atoms with Gasteiger partial charge in [-0.1, -0.05) is 0 Å². The number of nitrogens with one attached hydrogen (secondary N) is 1. The van der Waals surface area contributed by atoms with Gasteiger partial charge in [-0.25, -0.2) is 9.18 Å². The van der Waals surface area contributed by atoms with Crippen molar-refractivity contribution in [1.82, 2.24) is 9.55 Å². The number of ether oxygens (including phenoxy) is 1. The van der Waals surface area contributed by atoms with E-state index in [4.69, 9.17) is 10.3 Å². The van der Waals surface area contributed by atoms with Gasteiger partial charge in [0.15, 0.2) is 0 Å². The van der Waals surface area contributed by atoms with Crippen molar-refractivity contribution in [3.63, 3.8) is 0 Å². The minimum atomic E-state index is -1.37. The van der Waals surface area contributed by atoms with Gasteiger partial charge in [0.2, 0.25) is 0 Å². The maximum Gasteiger partial charge on any atom is 0.330 e. The summed E-state index contributed by atoms with van der Waals surface area (Å²) >= 11 is 0. The molecule has 0 spiro atoms. The topological polar surface area (TPSA) is 122 Å². The second kappa shape index (κ2) is 5.76. The highest BCUT2D eigenvalue weighted by atomic mass is 19.1. The van der Waals surface area contributed by atoms with Gasteiger partial charge in [0.1, 0.15) is 30.4 Å². The lowest BCUT2D eigenvalue weighted by Crippen LogP contribution is -2.33. The van der Waals surface area contributed by atoms with Gasteiger partial charge in [-0.15, -0.1) is 0 Å². The van der Waals surface area contributed by atoms with Crippen molar-refractivity contribution in [3.05, 3.63) is 43.0 Å². The third kappa shape index (κ3) is 2.81. The predicted octanol–water partition coefficient (Wildman–Crippen LogP) is 0.713. The summed E-state index contributed by atoms with van der Waals surface area (Å²) < 4.78 is 20.2. The zero-order valence-corrected chi connectivity index (χ0v) is 10.5. The van der Waals surface area contributed by atoms with E-state index in [1.807, 2.05) is 0 Å². The van der Waals surface area contributed by atoms with Gasteiger partial charge >= 0.3 is 5.69 Å². The Morgan fingerprint density at radius 3 is 3.15 bits per heavy atom. The molecule has 0 aromatic carbocycles. The molecule has 1 aliphatic rings. The van der Waals surface area contributed by atoms with Crippen LogP contribution in [-0.2, 0) is 9.57 Å². The Hall–Kier alpha value is -2.32. The molecule has 20 heavy (non-hydrogen) atoms. The second-order valence-corrected chi connectivity index (χ2v) is 4.33. The molecule has 0 bridgehead atoms. The van der Waals surface area contributed by atoms with E-state index in [2.05, 4.69) is 20.0 Å². The average molecular weight is 285 g/mol. The summed E-state index contributed by atoms with van der Waals surface area (Å²) in [5.74, 6) is 0. The van der Waals surface area contributed by atoms with Crippen LogP contribution in [0, 0.1) is 6.92 Å². The Balaban J connectivity index is 2.16. The van der Waals surface area contributed by atoms with Crippen molar-refractivity contribution in [2.75, 3.05) is 6.61 Å². The summed E-state index contributed by atoms with van der Waals surface area (Å²) in [6.07, 6.45) is -1.89. The molecule has 0 amide bonds. The van der Waals surface area contributed by atoms with Crippen LogP contribution >= 0.6 is 0 Å². The Bertz CT molecular complexity index is 650. The minimum absolute atomic E-state index is 0.0598. The van der Waals surface area contributed by atoms with Crippen molar-refractivity contribution in [2.45, 2.75) is 31.8 Å². The van der Waals surface area contributed by atoms with Crippen LogP contribution in [0.3, 0.4) is 0 Å². The lowest BCUT2D eigenvalue weighted by Gasteiger charge is -2.15. The van der Waals surface area contributed by atoms with Gasteiger partial charge in [0, 0.05) is 23.1 Å². The fourth-order valence-corrected chi connectivity index (χ4v) is 1.94. The number of rotatable bonds is 4. The molecule has 1 saturated heterocycles. The highest BCUT2D eigenvalue weighted by Crippen LogP contribution is 2.30. The highest BCUT2D eigenvalue weighted by molar-refractivity contribution is 5.02. The Kier molecular flexibility index (Phi) is 4.06. The van der Waals surface area contributed by atoms with E-state index in [1.54, 1.807) is 0 Å². The van der Waals surface area contributed by atoms with Crippen LogP contribution in [0.15, 0.2) is 21.1 Å². The molecular formula is C10H12FN5O4. The first kappa shape index (κ1) is 14.1. The summed E-state index contributed by atoms with van der Waals surface area (Å²) in [6, 6.07) is 0. The van der Waals surface area contributed by atoms with E-state index >= 15 is 0 Å². The highest BCUT2D eigenvalue weighted by Gasteiger charge is 2.37. The van der Waals surface area contributed by atoms with Gasteiger partial charge in [-0.05, 0) is 12.5 Å². The van der Waals surface area contributed by atoms with Gasteiger partial charge < -0.3 is 9.57 Å². The lowest BCUT2D eigenvalue weighted by molar-refractivity contribution is -0.0542. The number of halogens is 1. The molecule has 0 unspecified atom stereocenters. The molecule has 10 heteroatoms. The van der Waals surface area contributed by atoms with Crippen LogP contribution in [0.1, 0.15) is 18.2 Å². The molecule has 3 atom stereocenters. The number of H-pyrrole nitrogens is 1. The molecule has 1 fully saturated rings. The van der Waals surface area contributed by atoms with Crippen molar-refractivity contribution in [3.8, 4) is 0 Å². The molecule has 0 aliphatic carbocycles. The lowest BCUT2D eigenvalue weighted by atomic mass is 10.2. The van der Waals surface area contributed by atoms with Crippen molar-refractivity contribution in [1.29, 1.82) is 0 Å². The third-order valence-corrected chi connectivity index (χ3v) is 2.95. The van der Waals surface area contributed by atoms with Crippen LogP contribution in [0.25, 0.3) is 10.4 Å². The minimum Gasteiger partial charge on any atom is -0.431 e. The monoisotopic (exact) mass is 285 g/mol. The summed E-state index contributed by atoms with van der Waals surface area (Å²) in [5, 5.41) is 2.83. The van der Waals surface area contributed by atoms with Gasteiger partial charge in [-0.3, -0.25) is 14.3 Å². The van der Waals surface area contributed by atoms with E-state index in [1.165, 1.54) is 13.1 Å². The summed E-state index contributed by atoms with van der Waals surface area (Å²) in [6.45, 7) is 1.28. The largest absolute Gasteiger partial charge is 0.431 e. The Morgan fingerprint density at radius 2 is 2.45 bits per heavy atom. The standard InChI is InChI=1S/C10H12FN5O4/c1-5-3-16(10(18)13-9(5)17)8-2-6(11)7(20-8)4-19-15-14-12/h3,6-8H,2,4H2,1H3,(H,13,17,18)/t6-,7+,8-/m1/s1. The summed E-state index contributed by atoms with van der Waals surface area (Å²) in [7, 11) is 0. The fourth-order valence-electron chi connectivity index (χ4n) is 1.94. The number of nitrogens with zero attached hydrogens (tertiary/aromatic N) is 4. The SMILES string of the molecule is Cc1cn([C@H]2C[C@@H](F)[C@H](CON=[N+]=[N-])O2)c(=O)[nH]c1=O. The van der Waals surface area contributed by atoms with Gasteiger partial charge in [-0.2, -0.15) is 0 Å². The predicted molar refractivity (Wildman–Crippen MR) is 64.6 cm³/mol. The number of hydrogen-bond acceptors (Lipinski definition) is 5. The van der Waals surface area contributed by atoms with Gasteiger partial charge in [0.05, 0.1) is 0 Å². The smallest absolute Gasteiger partial charge is 0.330 e. The third-order valence-electron chi connectivity index (χ3n) is 2.95. The first-order valence-corrected chi connectivity index (χ1v) is 5.81. The average Bonchev–Trinajstić information content (AvgIpc) is 2.76. The van der Waals surface area contributed by atoms with E-state index in [-0.39, 0.29) is 13.0 Å². The van der Waals surface area contributed by atoms with Crippen molar-refractivity contribution >= 4 is 0 Å². The number of azide groups is 1. The Labute approximate surface area is 111 Å². The molecule has 1 aromatic heterocycles. The van der Waals surface area contributed by atoms with Crippen LogP contribution < -0.4 is 11.2 Å². The molecular weight excluding hydrogens is 273 g/mol. The first-order chi connectivity index (χ1) is 9.52. The molecule has 2 heterocycles. The molecule has 1 N–H and O–H groups in total. The quantitative estimate of drug-likeness (QED) is 0.379. The Morgan fingerprint density at radius 1 is 1.70 bits per heavy atom. The summed E-state index contributed by atoms with van der Waals surface area (Å²) in [5.41, 5.74) is 7.20. The molecule has 0 saturated carbocycles. The van der Waals surface area contributed by atoms with E-state index in [9.17, 15) is 14.0 Å². The summed E-state index contributed by atoms with van der Waals surface area (Å²) in [4.78, 5) is 31.9. The maximum absolute atomic E-state index is 13.7. The van der Waals surface area contributed by atoms with E-state index in [0.29, 0.717) is 5.56 Å². The maximum atomic E-state index is 13.7. The van der Waals surface area contributed by atoms with Crippen LogP contribution in [0.5, 0.6) is 0 Å². The molecule has 1 aromatic rings. The van der Waals surface area contributed by atoms with Crippen LogP contribution in [0.2, 0.25) is 0 Å². The zero-order chi connectivity index (χ0) is 14.7. The first-order valence-electron chi connectivity index (χ1n) is 5.81. The van der Waals surface area contributed by atoms with Gasteiger partial charge in [0.25, 0.3) is 5.56 Å². The number of aryl methyl sites for hydroxylation is 1. The van der Waals surface area contributed by atoms with E-state index in [0.717, 1.165) is 4.57 Å². The van der Waals surface area contributed by atoms with Crippen LogP contribution in [-0.4, -0.2) is 28.4 Å². The molecule has 1 aliphatic heterocycles. The van der Waals surface area contributed by atoms with E-state index < -0.39 is 29.8 Å². The normalized spacial score (nSPS) is 25.2. The molecule has 2 rings (SSSR count). The molecule has 9 nitrogen and oxygen atoms in total. The number of hydrogen-bond donors (Lipinski definition) is 1. The zero-order valence-electron chi connectivity index (χ0n) is 10.5. The number of aromatic nitrogens is 2. The number of alkyl halides is 1. The fraction of sp³-hybridized carbons (Fsp3) is 0.600. The second-order valence-electron chi connectivity index (χ2n) is 4.33. The molecule has 108 valence electrons. The van der Waals surface area contributed by atoms with Crippen molar-refractivity contribution < 1.29 is 14.0 Å².